The summed E-state index contributed by atoms with van der Waals surface area (Å²) in [5, 5.41) is 9.38. The Hall–Kier alpha value is -2.60. The number of ether oxygens (including phenoxy) is 1. The van der Waals surface area contributed by atoms with E-state index in [9.17, 15) is 9.90 Å². The van der Waals surface area contributed by atoms with Crippen molar-refractivity contribution in [3.8, 4) is 5.75 Å². The van der Waals surface area contributed by atoms with E-state index in [0.29, 0.717) is 31.4 Å². The molecule has 1 aromatic heterocycles. The molecule has 2 aliphatic rings. The normalized spacial score (nSPS) is 19.5. The minimum Gasteiger partial charge on any atom is -0.490 e. The number of aromatic nitrogens is 1. The quantitative estimate of drug-likeness (QED) is 0.912. The van der Waals surface area contributed by atoms with Crippen LogP contribution in [0.15, 0.2) is 42.7 Å². The van der Waals surface area contributed by atoms with Crippen molar-refractivity contribution in [3.63, 3.8) is 0 Å². The van der Waals surface area contributed by atoms with Crippen molar-refractivity contribution in [2.45, 2.75) is 18.9 Å². The SMILES string of the molecule is O=C(N1CCC(c2cccnc2)C1)N1CCOc2ccc(CO)cc21. The molecule has 0 radical (unpaired) electrons. The number of nitrogens with zero attached hydrogens (tertiary/aromatic N) is 3. The van der Waals surface area contributed by atoms with Gasteiger partial charge in [0.25, 0.3) is 0 Å². The largest absolute Gasteiger partial charge is 0.490 e. The highest BCUT2D eigenvalue weighted by atomic mass is 16.5. The molecule has 3 heterocycles. The van der Waals surface area contributed by atoms with Crippen LogP contribution in [0.1, 0.15) is 23.5 Å². The summed E-state index contributed by atoms with van der Waals surface area (Å²) < 4.78 is 5.65. The van der Waals surface area contributed by atoms with E-state index >= 15 is 0 Å². The number of hydrogen-bond acceptors (Lipinski definition) is 4. The van der Waals surface area contributed by atoms with Crippen molar-refractivity contribution < 1.29 is 14.6 Å². The van der Waals surface area contributed by atoms with Gasteiger partial charge in [-0.05, 0) is 35.7 Å². The lowest BCUT2D eigenvalue weighted by Gasteiger charge is -2.33. The molecule has 2 aliphatic heterocycles. The number of aliphatic hydroxyl groups is 1. The van der Waals surface area contributed by atoms with E-state index in [2.05, 4.69) is 11.1 Å². The van der Waals surface area contributed by atoms with Gasteiger partial charge in [-0.3, -0.25) is 9.88 Å². The van der Waals surface area contributed by atoms with E-state index in [1.165, 1.54) is 5.56 Å². The van der Waals surface area contributed by atoms with Crippen molar-refractivity contribution in [3.05, 3.63) is 53.9 Å². The van der Waals surface area contributed by atoms with E-state index in [1.54, 1.807) is 11.1 Å². The first-order chi connectivity index (χ1) is 12.3. The zero-order valence-corrected chi connectivity index (χ0v) is 14.0. The number of urea groups is 1. The third-order valence-electron chi connectivity index (χ3n) is 4.91. The van der Waals surface area contributed by atoms with Gasteiger partial charge in [0.1, 0.15) is 12.4 Å². The maximum atomic E-state index is 13.1. The van der Waals surface area contributed by atoms with Crippen molar-refractivity contribution in [1.82, 2.24) is 9.88 Å². The van der Waals surface area contributed by atoms with Crippen LogP contribution in [0.4, 0.5) is 10.5 Å². The van der Waals surface area contributed by atoms with E-state index in [1.807, 2.05) is 35.4 Å². The number of carbonyl (C=O) groups excluding carboxylic acids is 1. The molecular weight excluding hydrogens is 318 g/mol. The minimum absolute atomic E-state index is 0.00558. The fourth-order valence-electron chi connectivity index (χ4n) is 3.55. The van der Waals surface area contributed by atoms with E-state index in [-0.39, 0.29) is 12.6 Å². The molecule has 1 unspecified atom stereocenters. The molecule has 6 nitrogen and oxygen atoms in total. The standard InChI is InChI=1S/C19H21N3O3/c23-13-14-3-4-18-17(10-14)22(8-9-25-18)19(24)21-7-5-16(12-21)15-2-1-6-20-11-15/h1-4,6,10-11,16,23H,5,7-9,12-13H2. The third-order valence-corrected chi connectivity index (χ3v) is 4.91. The van der Waals surface area contributed by atoms with Gasteiger partial charge >= 0.3 is 6.03 Å². The Morgan fingerprint density at radius 1 is 1.32 bits per heavy atom. The highest BCUT2D eigenvalue weighted by molar-refractivity contribution is 5.94. The number of benzene rings is 1. The monoisotopic (exact) mass is 339 g/mol. The van der Waals surface area contributed by atoms with Crippen LogP contribution >= 0.6 is 0 Å². The van der Waals surface area contributed by atoms with Gasteiger partial charge in [-0.25, -0.2) is 4.79 Å². The summed E-state index contributed by atoms with van der Waals surface area (Å²) >= 11 is 0. The number of carbonyl (C=O) groups is 1. The van der Waals surface area contributed by atoms with Crippen molar-refractivity contribution >= 4 is 11.7 Å². The van der Waals surface area contributed by atoms with Gasteiger partial charge < -0.3 is 14.7 Å². The molecule has 1 atom stereocenters. The first-order valence-electron chi connectivity index (χ1n) is 8.59. The van der Waals surface area contributed by atoms with Crippen LogP contribution in [0.2, 0.25) is 0 Å². The lowest BCUT2D eigenvalue weighted by molar-refractivity contribution is 0.209. The molecule has 2 amide bonds. The first-order valence-corrected chi connectivity index (χ1v) is 8.59. The average Bonchev–Trinajstić information content (AvgIpc) is 3.17. The van der Waals surface area contributed by atoms with Gasteiger partial charge in [0.2, 0.25) is 0 Å². The summed E-state index contributed by atoms with van der Waals surface area (Å²) in [6.45, 7) is 2.40. The molecule has 0 saturated carbocycles. The Bertz CT molecular complexity index is 766. The molecule has 25 heavy (non-hydrogen) atoms. The predicted octanol–water partition coefficient (Wildman–Crippen LogP) is 2.38. The lowest BCUT2D eigenvalue weighted by atomic mass is 10.0. The lowest BCUT2D eigenvalue weighted by Crippen LogP contribution is -2.45. The molecule has 4 rings (SSSR count). The highest BCUT2D eigenvalue weighted by Crippen LogP contribution is 2.35. The van der Waals surface area contributed by atoms with Crippen LogP contribution in [-0.2, 0) is 6.61 Å². The molecule has 130 valence electrons. The van der Waals surface area contributed by atoms with Crippen LogP contribution in [0, 0.1) is 0 Å². The summed E-state index contributed by atoms with van der Waals surface area (Å²) in [4.78, 5) is 20.9. The summed E-state index contributed by atoms with van der Waals surface area (Å²) in [7, 11) is 0. The Kier molecular flexibility index (Phi) is 4.28. The van der Waals surface area contributed by atoms with Crippen LogP contribution in [-0.4, -0.2) is 47.3 Å². The van der Waals surface area contributed by atoms with Gasteiger partial charge in [0, 0.05) is 31.4 Å². The number of fused-ring (bicyclic) bond motifs is 1. The fraction of sp³-hybridized carbons (Fsp3) is 0.368. The van der Waals surface area contributed by atoms with Gasteiger partial charge in [-0.1, -0.05) is 12.1 Å². The smallest absolute Gasteiger partial charge is 0.324 e. The summed E-state index contributed by atoms with van der Waals surface area (Å²) in [5.74, 6) is 1.03. The molecule has 0 aliphatic carbocycles. The molecule has 2 aromatic rings. The Balaban J connectivity index is 1.53. The molecule has 0 spiro atoms. The topological polar surface area (TPSA) is 65.9 Å². The van der Waals surface area contributed by atoms with E-state index < -0.39 is 0 Å². The molecule has 0 bridgehead atoms. The van der Waals surface area contributed by atoms with Crippen LogP contribution < -0.4 is 9.64 Å². The third kappa shape index (κ3) is 3.05. The number of amides is 2. The second-order valence-corrected chi connectivity index (χ2v) is 6.46. The average molecular weight is 339 g/mol. The predicted molar refractivity (Wildman–Crippen MR) is 93.8 cm³/mol. The number of likely N-dealkylation sites (tertiary alicyclic amines) is 1. The van der Waals surface area contributed by atoms with Crippen molar-refractivity contribution in [1.29, 1.82) is 0 Å². The summed E-state index contributed by atoms with van der Waals surface area (Å²) in [5.41, 5.74) is 2.70. The molecule has 1 saturated heterocycles. The number of pyridine rings is 1. The highest BCUT2D eigenvalue weighted by Gasteiger charge is 2.33. The van der Waals surface area contributed by atoms with Crippen LogP contribution in [0.25, 0.3) is 0 Å². The van der Waals surface area contributed by atoms with Gasteiger partial charge in [0.05, 0.1) is 18.8 Å². The maximum Gasteiger partial charge on any atom is 0.324 e. The van der Waals surface area contributed by atoms with E-state index in [4.69, 9.17) is 4.74 Å². The van der Waals surface area contributed by atoms with Crippen LogP contribution in [0.5, 0.6) is 5.75 Å². The maximum absolute atomic E-state index is 13.1. The van der Waals surface area contributed by atoms with Gasteiger partial charge in [0.15, 0.2) is 0 Å². The first kappa shape index (κ1) is 15.9. The molecule has 1 N–H and O–H groups in total. The summed E-state index contributed by atoms with van der Waals surface area (Å²) in [6.07, 6.45) is 4.60. The number of rotatable bonds is 2. The molecule has 1 fully saturated rings. The Labute approximate surface area is 146 Å². The van der Waals surface area contributed by atoms with E-state index in [0.717, 1.165) is 24.2 Å². The fourth-order valence-corrected chi connectivity index (χ4v) is 3.55. The van der Waals surface area contributed by atoms with Crippen molar-refractivity contribution in [2.75, 3.05) is 31.1 Å². The molecule has 1 aromatic carbocycles. The van der Waals surface area contributed by atoms with Crippen LogP contribution in [0.3, 0.4) is 0 Å². The van der Waals surface area contributed by atoms with Crippen molar-refractivity contribution in [2.24, 2.45) is 0 Å². The minimum atomic E-state index is -0.0535. The second kappa shape index (κ2) is 6.72. The number of hydrogen-bond donors (Lipinski definition) is 1. The Morgan fingerprint density at radius 3 is 3.04 bits per heavy atom. The zero-order valence-electron chi connectivity index (χ0n) is 14.0. The Morgan fingerprint density at radius 2 is 2.24 bits per heavy atom. The zero-order chi connectivity index (χ0) is 17.2. The number of anilines is 1. The van der Waals surface area contributed by atoms with Gasteiger partial charge in [-0.2, -0.15) is 0 Å². The molecular formula is C19H21N3O3. The summed E-state index contributed by atoms with van der Waals surface area (Å²) in [6, 6.07) is 9.49. The second-order valence-electron chi connectivity index (χ2n) is 6.46. The van der Waals surface area contributed by atoms with Gasteiger partial charge in [-0.15, -0.1) is 0 Å². The molecule has 6 heteroatoms. The number of aliphatic hydroxyl groups excluding tert-OH is 1.